The smallest absolute Gasteiger partial charge is 0.0567 e. The lowest BCUT2D eigenvalue weighted by Crippen LogP contribution is -2.45. The van der Waals surface area contributed by atoms with E-state index in [1.165, 1.54) is 57.9 Å². The van der Waals surface area contributed by atoms with Crippen molar-refractivity contribution in [3.05, 3.63) is 0 Å². The van der Waals surface area contributed by atoms with Gasteiger partial charge in [0.15, 0.2) is 0 Å². The molecule has 2 atom stereocenters. The molecular formula is C16H31NO. The van der Waals surface area contributed by atoms with Crippen molar-refractivity contribution in [2.75, 3.05) is 13.1 Å². The van der Waals surface area contributed by atoms with Crippen LogP contribution in [-0.2, 0) is 0 Å². The Kier molecular flexibility index (Phi) is 5.97. The second kappa shape index (κ2) is 7.49. The summed E-state index contributed by atoms with van der Waals surface area (Å²) in [6, 6.07) is 0.593. The summed E-state index contributed by atoms with van der Waals surface area (Å²) in [6.07, 6.45) is 13.6. The van der Waals surface area contributed by atoms with E-state index in [0.717, 1.165) is 25.3 Å². The topological polar surface area (TPSA) is 23.5 Å². The van der Waals surface area contributed by atoms with Gasteiger partial charge in [-0.3, -0.25) is 0 Å². The van der Waals surface area contributed by atoms with Crippen molar-refractivity contribution in [2.45, 2.75) is 83.3 Å². The van der Waals surface area contributed by atoms with Crippen LogP contribution in [0.25, 0.3) is 0 Å². The van der Waals surface area contributed by atoms with Crippen LogP contribution in [-0.4, -0.2) is 35.2 Å². The zero-order valence-electron chi connectivity index (χ0n) is 12.1. The van der Waals surface area contributed by atoms with Gasteiger partial charge < -0.3 is 10.0 Å². The molecule has 0 amide bonds. The van der Waals surface area contributed by atoms with Crippen LogP contribution in [0.4, 0.5) is 0 Å². The van der Waals surface area contributed by atoms with Gasteiger partial charge in [-0.15, -0.1) is 0 Å². The molecule has 0 bridgehead atoms. The second-order valence-electron chi connectivity index (χ2n) is 6.59. The van der Waals surface area contributed by atoms with Gasteiger partial charge in [0.2, 0.25) is 0 Å². The minimum absolute atomic E-state index is 0.0393. The van der Waals surface area contributed by atoms with Crippen molar-refractivity contribution in [1.29, 1.82) is 0 Å². The Morgan fingerprint density at radius 2 is 1.56 bits per heavy atom. The largest absolute Gasteiger partial charge is 0.393 e. The van der Waals surface area contributed by atoms with Crippen LogP contribution >= 0.6 is 0 Å². The molecule has 1 heterocycles. The van der Waals surface area contributed by atoms with Crippen molar-refractivity contribution in [2.24, 2.45) is 5.92 Å². The SMILES string of the molecule is C1CC1.CC1CC(O)CCN1CC1CCCCC1. The Morgan fingerprint density at radius 3 is 2.11 bits per heavy atom. The van der Waals surface area contributed by atoms with E-state index in [1.54, 1.807) is 0 Å². The molecule has 2 heteroatoms. The Bertz CT molecular complexity index is 220. The number of hydrogen-bond donors (Lipinski definition) is 1. The van der Waals surface area contributed by atoms with E-state index < -0.39 is 0 Å². The monoisotopic (exact) mass is 253 g/mol. The number of piperidine rings is 1. The zero-order chi connectivity index (χ0) is 12.8. The van der Waals surface area contributed by atoms with E-state index in [9.17, 15) is 5.11 Å². The minimum Gasteiger partial charge on any atom is -0.393 e. The average Bonchev–Trinajstić information content (AvgIpc) is 3.22. The van der Waals surface area contributed by atoms with E-state index in [1.807, 2.05) is 0 Å². The van der Waals surface area contributed by atoms with Crippen molar-refractivity contribution in [1.82, 2.24) is 4.90 Å². The predicted octanol–water partition coefficient (Wildman–Crippen LogP) is 3.58. The maximum Gasteiger partial charge on any atom is 0.0567 e. The van der Waals surface area contributed by atoms with Crippen molar-refractivity contribution in [3.63, 3.8) is 0 Å². The number of aliphatic hydroxyl groups is 1. The Balaban J connectivity index is 0.000000350. The third kappa shape index (κ3) is 5.27. The first-order valence-electron chi connectivity index (χ1n) is 8.18. The van der Waals surface area contributed by atoms with E-state index in [4.69, 9.17) is 0 Å². The summed E-state index contributed by atoms with van der Waals surface area (Å²) in [5.74, 6) is 0.941. The van der Waals surface area contributed by atoms with E-state index in [0.29, 0.717) is 6.04 Å². The molecule has 0 aromatic carbocycles. The first-order valence-corrected chi connectivity index (χ1v) is 8.18. The molecule has 0 spiro atoms. The molecule has 3 aliphatic rings. The molecule has 3 rings (SSSR count). The van der Waals surface area contributed by atoms with Crippen molar-refractivity contribution in [3.8, 4) is 0 Å². The molecule has 18 heavy (non-hydrogen) atoms. The second-order valence-corrected chi connectivity index (χ2v) is 6.59. The van der Waals surface area contributed by atoms with Gasteiger partial charge in [-0.2, -0.15) is 0 Å². The summed E-state index contributed by atoms with van der Waals surface area (Å²) in [7, 11) is 0. The lowest BCUT2D eigenvalue weighted by atomic mass is 9.88. The van der Waals surface area contributed by atoms with E-state index >= 15 is 0 Å². The highest BCUT2D eigenvalue weighted by Gasteiger charge is 2.26. The maximum atomic E-state index is 9.58. The standard InChI is InChI=1S/C13H25NO.C3H6/c1-11-9-13(15)7-8-14(11)10-12-5-3-2-4-6-12;1-2-3-1/h11-13,15H,2-10H2,1H3;1-3H2. The molecule has 0 radical (unpaired) electrons. The molecule has 0 aromatic rings. The van der Waals surface area contributed by atoms with Gasteiger partial charge in [0, 0.05) is 19.1 Å². The summed E-state index contributed by atoms with van der Waals surface area (Å²) in [6.45, 7) is 4.66. The minimum atomic E-state index is -0.0393. The number of aliphatic hydroxyl groups excluding tert-OH is 1. The molecule has 2 aliphatic carbocycles. The number of rotatable bonds is 2. The third-order valence-corrected chi connectivity index (χ3v) is 4.56. The van der Waals surface area contributed by atoms with Crippen LogP contribution in [0.2, 0.25) is 0 Å². The van der Waals surface area contributed by atoms with Gasteiger partial charge >= 0.3 is 0 Å². The summed E-state index contributed by atoms with van der Waals surface area (Å²) in [4.78, 5) is 2.60. The first-order chi connectivity index (χ1) is 8.75. The van der Waals surface area contributed by atoms with Crippen LogP contribution in [0.1, 0.15) is 71.1 Å². The molecule has 3 fully saturated rings. The molecular weight excluding hydrogens is 222 g/mol. The molecule has 1 saturated heterocycles. The molecule has 2 nitrogen and oxygen atoms in total. The highest BCUT2D eigenvalue weighted by Crippen LogP contribution is 2.27. The summed E-state index contributed by atoms with van der Waals surface area (Å²) in [5, 5.41) is 9.58. The van der Waals surface area contributed by atoms with Crippen molar-refractivity contribution >= 4 is 0 Å². The zero-order valence-corrected chi connectivity index (χ0v) is 12.1. The normalized spacial score (nSPS) is 33.7. The van der Waals surface area contributed by atoms with Crippen LogP contribution < -0.4 is 0 Å². The van der Waals surface area contributed by atoms with Crippen LogP contribution in [0.5, 0.6) is 0 Å². The van der Waals surface area contributed by atoms with Crippen LogP contribution in [0.3, 0.4) is 0 Å². The molecule has 106 valence electrons. The van der Waals surface area contributed by atoms with Crippen molar-refractivity contribution < 1.29 is 5.11 Å². The summed E-state index contributed by atoms with van der Waals surface area (Å²) >= 11 is 0. The van der Waals surface area contributed by atoms with E-state index in [2.05, 4.69) is 11.8 Å². The average molecular weight is 253 g/mol. The first kappa shape index (κ1) is 14.3. The third-order valence-electron chi connectivity index (χ3n) is 4.56. The van der Waals surface area contributed by atoms with Gasteiger partial charge in [-0.1, -0.05) is 38.5 Å². The summed E-state index contributed by atoms with van der Waals surface area (Å²) in [5.41, 5.74) is 0. The number of nitrogens with zero attached hydrogens (tertiary/aromatic N) is 1. The molecule has 0 aromatic heterocycles. The van der Waals surface area contributed by atoms with Gasteiger partial charge in [-0.05, 0) is 38.5 Å². The molecule has 2 unspecified atom stereocenters. The van der Waals surface area contributed by atoms with Gasteiger partial charge in [0.1, 0.15) is 0 Å². The molecule has 1 aliphatic heterocycles. The fourth-order valence-electron chi connectivity index (χ4n) is 3.17. The number of hydrogen-bond acceptors (Lipinski definition) is 2. The molecule has 1 N–H and O–H groups in total. The summed E-state index contributed by atoms with van der Waals surface area (Å²) < 4.78 is 0. The van der Waals surface area contributed by atoms with E-state index in [-0.39, 0.29) is 6.10 Å². The van der Waals surface area contributed by atoms with Gasteiger partial charge in [-0.25, -0.2) is 0 Å². The maximum absolute atomic E-state index is 9.58. The Labute approximate surface area is 113 Å². The fraction of sp³-hybridized carbons (Fsp3) is 1.00. The highest BCUT2D eigenvalue weighted by atomic mass is 16.3. The lowest BCUT2D eigenvalue weighted by molar-refractivity contribution is 0.0365. The van der Waals surface area contributed by atoms with Crippen LogP contribution in [0, 0.1) is 5.92 Å². The lowest BCUT2D eigenvalue weighted by Gasteiger charge is -2.38. The highest BCUT2D eigenvalue weighted by molar-refractivity contribution is 4.80. The Morgan fingerprint density at radius 1 is 0.944 bits per heavy atom. The Hall–Kier alpha value is -0.0800. The number of likely N-dealkylation sites (tertiary alicyclic amines) is 1. The quantitative estimate of drug-likeness (QED) is 0.813. The van der Waals surface area contributed by atoms with Gasteiger partial charge in [0.05, 0.1) is 6.10 Å². The molecule has 2 saturated carbocycles. The predicted molar refractivity (Wildman–Crippen MR) is 76.7 cm³/mol. The van der Waals surface area contributed by atoms with Crippen LogP contribution in [0.15, 0.2) is 0 Å². The van der Waals surface area contributed by atoms with Gasteiger partial charge in [0.25, 0.3) is 0 Å². The fourth-order valence-corrected chi connectivity index (χ4v) is 3.17.